The van der Waals surface area contributed by atoms with Crippen molar-refractivity contribution in [3.05, 3.63) is 66.7 Å². The lowest BCUT2D eigenvalue weighted by atomic mass is 10.1. The van der Waals surface area contributed by atoms with Crippen LogP contribution in [0.2, 0.25) is 0 Å². The molecule has 24 heavy (non-hydrogen) atoms. The molecule has 0 aliphatic heterocycles. The summed E-state index contributed by atoms with van der Waals surface area (Å²) in [5, 5.41) is 6.10. The summed E-state index contributed by atoms with van der Waals surface area (Å²) in [5.41, 5.74) is 0.0722. The van der Waals surface area contributed by atoms with Crippen molar-refractivity contribution in [2.75, 3.05) is 6.54 Å². The zero-order valence-electron chi connectivity index (χ0n) is 12.5. The van der Waals surface area contributed by atoms with E-state index < -0.39 is 11.2 Å². The third-order valence-corrected chi connectivity index (χ3v) is 5.14. The Labute approximate surface area is 149 Å². The molecule has 0 fully saturated rings. The van der Waals surface area contributed by atoms with Gasteiger partial charge in [-0.05, 0) is 44.7 Å². The summed E-state index contributed by atoms with van der Waals surface area (Å²) < 4.78 is 2.59. The molecule has 124 valence electrons. The van der Waals surface area contributed by atoms with Gasteiger partial charge in [-0.2, -0.15) is 0 Å². The van der Waals surface area contributed by atoms with Crippen LogP contribution in [0, 0.1) is 0 Å². The highest BCUT2D eigenvalue weighted by molar-refractivity contribution is 9.10. The van der Waals surface area contributed by atoms with Crippen LogP contribution in [0.15, 0.2) is 49.9 Å². The highest BCUT2D eigenvalue weighted by Crippen LogP contribution is 2.25. The van der Waals surface area contributed by atoms with Gasteiger partial charge in [-0.25, -0.2) is 4.79 Å². The molecule has 2 heterocycles. The van der Waals surface area contributed by atoms with Crippen molar-refractivity contribution in [1.82, 2.24) is 14.9 Å². The molecule has 8 heteroatoms. The Morgan fingerprint density at radius 3 is 2.92 bits per heavy atom. The van der Waals surface area contributed by atoms with Gasteiger partial charge in [0.15, 0.2) is 0 Å². The fraction of sp³-hybridized carbons (Fsp3) is 0.188. The fourth-order valence-corrected chi connectivity index (χ4v) is 3.72. The van der Waals surface area contributed by atoms with Gasteiger partial charge in [0.25, 0.3) is 5.56 Å². The summed E-state index contributed by atoms with van der Waals surface area (Å²) >= 11 is 4.72. The largest absolute Gasteiger partial charge is 0.354 e. The first-order valence-electron chi connectivity index (χ1n) is 7.25. The number of carbonyl (C=O) groups is 1. The van der Waals surface area contributed by atoms with Crippen LogP contribution in [0.5, 0.6) is 0 Å². The van der Waals surface area contributed by atoms with Crippen molar-refractivity contribution < 1.29 is 4.79 Å². The van der Waals surface area contributed by atoms with Gasteiger partial charge in [0, 0.05) is 17.4 Å². The number of aromatic nitrogens is 2. The predicted octanol–water partition coefficient (Wildman–Crippen LogP) is 1.87. The summed E-state index contributed by atoms with van der Waals surface area (Å²) in [4.78, 5) is 37.0. The molecule has 0 unspecified atom stereocenters. The molecule has 0 aliphatic rings. The van der Waals surface area contributed by atoms with E-state index in [0.29, 0.717) is 6.54 Å². The normalized spacial score (nSPS) is 10.9. The van der Waals surface area contributed by atoms with Crippen molar-refractivity contribution in [2.24, 2.45) is 0 Å². The molecule has 3 aromatic rings. The first kappa shape index (κ1) is 16.7. The van der Waals surface area contributed by atoms with Gasteiger partial charge in [0.2, 0.25) is 5.91 Å². The molecule has 2 aromatic heterocycles. The lowest BCUT2D eigenvalue weighted by Gasteiger charge is -2.07. The Morgan fingerprint density at radius 1 is 1.29 bits per heavy atom. The van der Waals surface area contributed by atoms with Crippen molar-refractivity contribution in [1.29, 1.82) is 0 Å². The summed E-state index contributed by atoms with van der Waals surface area (Å²) in [6, 6.07) is 8.14. The van der Waals surface area contributed by atoms with Gasteiger partial charge in [-0.15, -0.1) is 11.3 Å². The van der Waals surface area contributed by atoms with Gasteiger partial charge in [-0.1, -0.05) is 18.2 Å². The van der Waals surface area contributed by atoms with Crippen LogP contribution in [-0.2, 0) is 17.8 Å². The van der Waals surface area contributed by atoms with Crippen molar-refractivity contribution >= 4 is 43.3 Å². The molecule has 0 aliphatic carbocycles. The predicted molar refractivity (Wildman–Crippen MR) is 97.6 cm³/mol. The number of aromatic amines is 1. The van der Waals surface area contributed by atoms with Gasteiger partial charge < -0.3 is 5.32 Å². The standard InChI is InChI=1S/C16H14BrN3O3S/c17-12-7-20(16(23)19-15(12)22)8-14(21)18-6-5-10-9-24-13-4-2-1-3-11(10)13/h1-4,7,9H,5-6,8H2,(H,18,21)(H,19,22,23). The summed E-state index contributed by atoms with van der Waals surface area (Å²) in [6.45, 7) is 0.345. The lowest BCUT2D eigenvalue weighted by Crippen LogP contribution is -2.36. The van der Waals surface area contributed by atoms with Crippen molar-refractivity contribution in [3.8, 4) is 0 Å². The Hall–Kier alpha value is -2.19. The van der Waals surface area contributed by atoms with Crippen molar-refractivity contribution in [3.63, 3.8) is 0 Å². The van der Waals surface area contributed by atoms with E-state index in [1.54, 1.807) is 11.3 Å². The van der Waals surface area contributed by atoms with Gasteiger partial charge >= 0.3 is 5.69 Å². The fourth-order valence-electron chi connectivity index (χ4n) is 2.37. The Morgan fingerprint density at radius 2 is 2.08 bits per heavy atom. The molecule has 0 spiro atoms. The van der Waals surface area contributed by atoms with Crippen LogP contribution >= 0.6 is 27.3 Å². The third-order valence-electron chi connectivity index (χ3n) is 3.56. The molecule has 0 saturated carbocycles. The van der Waals surface area contributed by atoms with E-state index in [0.717, 1.165) is 11.0 Å². The molecular weight excluding hydrogens is 394 g/mol. The van der Waals surface area contributed by atoms with Gasteiger partial charge in [-0.3, -0.25) is 19.1 Å². The van der Waals surface area contributed by atoms with Gasteiger partial charge in [0.1, 0.15) is 6.54 Å². The topological polar surface area (TPSA) is 84.0 Å². The summed E-state index contributed by atoms with van der Waals surface area (Å²) in [6.07, 6.45) is 2.03. The van der Waals surface area contributed by atoms with E-state index in [4.69, 9.17) is 0 Å². The molecule has 2 N–H and O–H groups in total. The Kier molecular flexibility index (Phi) is 4.96. The molecular formula is C16H14BrN3O3S. The summed E-state index contributed by atoms with van der Waals surface area (Å²) in [7, 11) is 0. The Balaban J connectivity index is 1.59. The number of rotatable bonds is 5. The van der Waals surface area contributed by atoms with Crippen LogP contribution < -0.4 is 16.6 Å². The van der Waals surface area contributed by atoms with Crippen LogP contribution in [-0.4, -0.2) is 22.0 Å². The maximum absolute atomic E-state index is 12.0. The Bertz CT molecular complexity index is 1010. The minimum absolute atomic E-state index is 0.140. The number of halogens is 1. The summed E-state index contributed by atoms with van der Waals surface area (Å²) in [5.74, 6) is -0.282. The number of thiophene rings is 1. The number of fused-ring (bicyclic) bond motifs is 1. The monoisotopic (exact) mass is 407 g/mol. The number of nitrogens with one attached hydrogen (secondary N) is 2. The molecule has 1 amide bonds. The van der Waals surface area contributed by atoms with E-state index in [1.165, 1.54) is 21.8 Å². The van der Waals surface area contributed by atoms with E-state index in [-0.39, 0.29) is 16.9 Å². The first-order valence-corrected chi connectivity index (χ1v) is 8.93. The van der Waals surface area contributed by atoms with Crippen LogP contribution in [0.25, 0.3) is 10.1 Å². The smallest absolute Gasteiger partial charge is 0.328 e. The molecule has 6 nitrogen and oxygen atoms in total. The first-order chi connectivity index (χ1) is 11.5. The van der Waals surface area contributed by atoms with Crippen LogP contribution in [0.3, 0.4) is 0 Å². The number of carbonyl (C=O) groups excluding carboxylic acids is 1. The number of hydrogen-bond donors (Lipinski definition) is 2. The number of amides is 1. The highest BCUT2D eigenvalue weighted by atomic mass is 79.9. The number of hydrogen-bond acceptors (Lipinski definition) is 4. The minimum atomic E-state index is -0.609. The van der Waals surface area contributed by atoms with E-state index in [1.807, 2.05) is 12.1 Å². The maximum Gasteiger partial charge on any atom is 0.328 e. The number of H-pyrrole nitrogens is 1. The SMILES string of the molecule is O=C(Cn1cc(Br)c(=O)[nH]c1=O)NCCc1csc2ccccc12. The average Bonchev–Trinajstić information content (AvgIpc) is 2.96. The van der Waals surface area contributed by atoms with E-state index >= 15 is 0 Å². The maximum atomic E-state index is 12.0. The second-order valence-corrected chi connectivity index (χ2v) is 6.99. The third kappa shape index (κ3) is 3.65. The van der Waals surface area contributed by atoms with E-state index in [2.05, 4.69) is 43.7 Å². The molecule has 3 rings (SSSR count). The highest BCUT2D eigenvalue weighted by Gasteiger charge is 2.08. The molecule has 0 saturated heterocycles. The van der Waals surface area contributed by atoms with Crippen molar-refractivity contribution in [2.45, 2.75) is 13.0 Å². The second kappa shape index (κ2) is 7.14. The van der Waals surface area contributed by atoms with Gasteiger partial charge in [0.05, 0.1) is 4.47 Å². The zero-order valence-corrected chi connectivity index (χ0v) is 14.9. The molecule has 1 aromatic carbocycles. The number of nitrogens with zero attached hydrogens (tertiary/aromatic N) is 1. The van der Waals surface area contributed by atoms with Crippen LogP contribution in [0.4, 0.5) is 0 Å². The quantitative estimate of drug-likeness (QED) is 0.676. The average molecular weight is 408 g/mol. The lowest BCUT2D eigenvalue weighted by molar-refractivity contribution is -0.121. The second-order valence-electron chi connectivity index (χ2n) is 5.22. The number of benzene rings is 1. The van der Waals surface area contributed by atoms with Crippen LogP contribution in [0.1, 0.15) is 5.56 Å². The molecule has 0 bridgehead atoms. The molecule has 0 radical (unpaired) electrons. The zero-order chi connectivity index (χ0) is 17.1. The van der Waals surface area contributed by atoms with E-state index in [9.17, 15) is 14.4 Å². The minimum Gasteiger partial charge on any atom is -0.354 e. The molecule has 0 atom stereocenters.